The summed E-state index contributed by atoms with van der Waals surface area (Å²) in [5.74, 6) is -0.0483. The molecule has 140 valence electrons. The van der Waals surface area contributed by atoms with E-state index in [-0.39, 0.29) is 12.3 Å². The monoisotopic (exact) mass is 369 g/mol. The van der Waals surface area contributed by atoms with Crippen molar-refractivity contribution in [1.82, 2.24) is 10.9 Å². The summed E-state index contributed by atoms with van der Waals surface area (Å²) >= 11 is 0. The molecule has 3 amide bonds. The van der Waals surface area contributed by atoms with E-state index in [0.717, 1.165) is 4.90 Å². The highest BCUT2D eigenvalue weighted by atomic mass is 16.5. The van der Waals surface area contributed by atoms with E-state index >= 15 is 0 Å². The molecule has 1 fully saturated rings. The Balaban J connectivity index is 1.65. The summed E-state index contributed by atoms with van der Waals surface area (Å²) in [5, 5.41) is 0. The molecule has 2 N–H and O–H groups in total. The van der Waals surface area contributed by atoms with Gasteiger partial charge in [-0.05, 0) is 36.4 Å². The second-order valence-corrected chi connectivity index (χ2v) is 5.85. The summed E-state index contributed by atoms with van der Waals surface area (Å²) in [7, 11) is 3.04. The lowest BCUT2D eigenvalue weighted by molar-refractivity contribution is -0.121. The van der Waals surface area contributed by atoms with Crippen LogP contribution in [0.3, 0.4) is 0 Å². The zero-order chi connectivity index (χ0) is 19.4. The van der Waals surface area contributed by atoms with Gasteiger partial charge >= 0.3 is 0 Å². The first-order chi connectivity index (χ1) is 13.0. The molecule has 1 saturated heterocycles. The van der Waals surface area contributed by atoms with E-state index in [2.05, 4.69) is 10.9 Å². The fourth-order valence-electron chi connectivity index (χ4n) is 2.73. The first kappa shape index (κ1) is 18.4. The van der Waals surface area contributed by atoms with Crippen molar-refractivity contribution in [1.29, 1.82) is 0 Å². The normalized spacial score (nSPS) is 16.4. The van der Waals surface area contributed by atoms with E-state index in [0.29, 0.717) is 22.7 Å². The third kappa shape index (κ3) is 3.90. The fourth-order valence-corrected chi connectivity index (χ4v) is 2.73. The van der Waals surface area contributed by atoms with Crippen molar-refractivity contribution in [2.24, 2.45) is 0 Å². The highest BCUT2D eigenvalue weighted by molar-refractivity contribution is 6.22. The predicted molar refractivity (Wildman–Crippen MR) is 97.5 cm³/mol. The number of ether oxygens (including phenoxy) is 2. The van der Waals surface area contributed by atoms with Gasteiger partial charge in [-0.1, -0.05) is 6.07 Å². The van der Waals surface area contributed by atoms with Crippen molar-refractivity contribution in [2.45, 2.75) is 12.5 Å². The number of nitrogens with one attached hydrogen (secondary N) is 2. The van der Waals surface area contributed by atoms with E-state index in [1.807, 2.05) is 0 Å². The van der Waals surface area contributed by atoms with Gasteiger partial charge in [-0.25, -0.2) is 10.3 Å². The number of amides is 3. The minimum Gasteiger partial charge on any atom is -0.497 e. The number of carbonyl (C=O) groups excluding carboxylic acids is 3. The van der Waals surface area contributed by atoms with Gasteiger partial charge in [-0.3, -0.25) is 19.8 Å². The van der Waals surface area contributed by atoms with Gasteiger partial charge in [0, 0.05) is 11.6 Å². The summed E-state index contributed by atoms with van der Waals surface area (Å²) in [6, 6.07) is 12.3. The average molecular weight is 369 g/mol. The van der Waals surface area contributed by atoms with Crippen LogP contribution in [-0.4, -0.2) is 38.0 Å². The van der Waals surface area contributed by atoms with Crippen LogP contribution in [0.1, 0.15) is 16.8 Å². The number of hydrazine groups is 1. The minimum absolute atomic E-state index is 0.0566. The molecule has 2 aromatic carbocycles. The van der Waals surface area contributed by atoms with Gasteiger partial charge in [0.1, 0.15) is 17.5 Å². The van der Waals surface area contributed by atoms with E-state index in [9.17, 15) is 14.4 Å². The van der Waals surface area contributed by atoms with Crippen LogP contribution in [0, 0.1) is 0 Å². The number of imide groups is 1. The van der Waals surface area contributed by atoms with Crippen molar-refractivity contribution in [2.75, 3.05) is 19.1 Å². The number of hydrogen-bond donors (Lipinski definition) is 2. The lowest BCUT2D eigenvalue weighted by Gasteiger charge is -2.16. The maximum atomic E-state index is 12.6. The number of hydrogen-bond acceptors (Lipinski definition) is 6. The lowest BCUT2D eigenvalue weighted by atomic mass is 10.2. The zero-order valence-corrected chi connectivity index (χ0v) is 14.9. The predicted octanol–water partition coefficient (Wildman–Crippen LogP) is 1.27. The Morgan fingerprint density at radius 1 is 1.04 bits per heavy atom. The van der Waals surface area contributed by atoms with Crippen molar-refractivity contribution < 1.29 is 23.9 Å². The van der Waals surface area contributed by atoms with Crippen LogP contribution in [0.25, 0.3) is 0 Å². The summed E-state index contributed by atoms with van der Waals surface area (Å²) in [4.78, 5) is 38.1. The standard InChI is InChI=1S/C19H19N3O5/c1-26-14-8-6-12(7-9-14)18(24)21-20-16-11-17(23)22(19(16)25)13-4-3-5-15(10-13)27-2/h3-10,16,20H,11H2,1-2H3,(H,21,24)/t16-/m0/s1. The molecule has 1 atom stereocenters. The highest BCUT2D eigenvalue weighted by Gasteiger charge is 2.39. The Morgan fingerprint density at radius 3 is 2.41 bits per heavy atom. The van der Waals surface area contributed by atoms with E-state index in [4.69, 9.17) is 9.47 Å². The average Bonchev–Trinajstić information content (AvgIpc) is 2.99. The van der Waals surface area contributed by atoms with Crippen molar-refractivity contribution in [3.63, 3.8) is 0 Å². The van der Waals surface area contributed by atoms with Crippen LogP contribution in [-0.2, 0) is 9.59 Å². The Kier molecular flexibility index (Phi) is 5.37. The first-order valence-electron chi connectivity index (χ1n) is 8.24. The molecule has 1 aliphatic heterocycles. The Morgan fingerprint density at radius 2 is 1.74 bits per heavy atom. The molecule has 0 bridgehead atoms. The topological polar surface area (TPSA) is 97.0 Å². The number of nitrogens with zero attached hydrogens (tertiary/aromatic N) is 1. The number of rotatable bonds is 6. The van der Waals surface area contributed by atoms with Gasteiger partial charge in [0.2, 0.25) is 5.91 Å². The fraction of sp³-hybridized carbons (Fsp3) is 0.211. The molecule has 3 rings (SSSR count). The molecule has 0 saturated carbocycles. The van der Waals surface area contributed by atoms with Crippen molar-refractivity contribution in [3.05, 3.63) is 54.1 Å². The smallest absolute Gasteiger partial charge is 0.265 e. The number of methoxy groups -OCH3 is 2. The van der Waals surface area contributed by atoms with E-state index in [1.54, 1.807) is 48.5 Å². The van der Waals surface area contributed by atoms with Crippen LogP contribution >= 0.6 is 0 Å². The molecule has 8 nitrogen and oxygen atoms in total. The van der Waals surface area contributed by atoms with Crippen LogP contribution in [0.15, 0.2) is 48.5 Å². The van der Waals surface area contributed by atoms with Crippen LogP contribution in [0.4, 0.5) is 5.69 Å². The molecule has 27 heavy (non-hydrogen) atoms. The molecule has 0 unspecified atom stereocenters. The summed E-state index contributed by atoms with van der Waals surface area (Å²) in [6.07, 6.45) is -0.0566. The van der Waals surface area contributed by atoms with E-state index in [1.165, 1.54) is 14.2 Å². The molecule has 0 aromatic heterocycles. The zero-order valence-electron chi connectivity index (χ0n) is 14.9. The molecule has 0 radical (unpaired) electrons. The van der Waals surface area contributed by atoms with Crippen molar-refractivity contribution in [3.8, 4) is 11.5 Å². The molecule has 8 heteroatoms. The summed E-state index contributed by atoms with van der Waals surface area (Å²) in [5.41, 5.74) is 5.93. The van der Waals surface area contributed by atoms with Crippen LogP contribution in [0.5, 0.6) is 11.5 Å². The second-order valence-electron chi connectivity index (χ2n) is 5.85. The highest BCUT2D eigenvalue weighted by Crippen LogP contribution is 2.26. The first-order valence-corrected chi connectivity index (χ1v) is 8.24. The lowest BCUT2D eigenvalue weighted by Crippen LogP contribution is -2.48. The number of benzene rings is 2. The summed E-state index contributed by atoms with van der Waals surface area (Å²) in [6.45, 7) is 0. The SMILES string of the molecule is COc1ccc(C(=O)NN[C@H]2CC(=O)N(c3cccc(OC)c3)C2=O)cc1. The molecule has 1 heterocycles. The third-order valence-corrected chi connectivity index (χ3v) is 4.17. The van der Waals surface area contributed by atoms with Gasteiger partial charge < -0.3 is 9.47 Å². The van der Waals surface area contributed by atoms with Gasteiger partial charge in [-0.2, -0.15) is 0 Å². The Hall–Kier alpha value is -3.39. The Bertz CT molecular complexity index is 866. The molecular formula is C19H19N3O5. The Labute approximate surface area is 156 Å². The van der Waals surface area contributed by atoms with Crippen molar-refractivity contribution >= 4 is 23.4 Å². The maximum Gasteiger partial charge on any atom is 0.265 e. The van der Waals surface area contributed by atoms with Gasteiger partial charge in [0.25, 0.3) is 11.8 Å². The molecule has 1 aliphatic rings. The van der Waals surface area contributed by atoms with Gasteiger partial charge in [-0.15, -0.1) is 0 Å². The largest absolute Gasteiger partial charge is 0.497 e. The second kappa shape index (κ2) is 7.88. The van der Waals surface area contributed by atoms with Gasteiger partial charge in [0.05, 0.1) is 26.3 Å². The number of carbonyl (C=O) groups is 3. The third-order valence-electron chi connectivity index (χ3n) is 4.17. The van der Waals surface area contributed by atoms with Crippen LogP contribution in [0.2, 0.25) is 0 Å². The minimum atomic E-state index is -0.842. The molecule has 0 aliphatic carbocycles. The van der Waals surface area contributed by atoms with Gasteiger partial charge in [0.15, 0.2) is 0 Å². The van der Waals surface area contributed by atoms with Crippen LogP contribution < -0.4 is 25.2 Å². The maximum absolute atomic E-state index is 12.6. The quantitative estimate of drug-likeness (QED) is 0.588. The molecule has 2 aromatic rings. The number of anilines is 1. The summed E-state index contributed by atoms with van der Waals surface area (Å²) < 4.78 is 10.2. The molecule has 0 spiro atoms. The molecular weight excluding hydrogens is 350 g/mol. The van der Waals surface area contributed by atoms with E-state index < -0.39 is 17.9 Å².